The van der Waals surface area contributed by atoms with Gasteiger partial charge in [0.15, 0.2) is 0 Å². The van der Waals surface area contributed by atoms with Crippen LogP contribution in [0.25, 0.3) is 6.08 Å². The lowest BCUT2D eigenvalue weighted by Gasteiger charge is -2.02. The number of hydrogen-bond donors (Lipinski definition) is 0. The van der Waals surface area contributed by atoms with Crippen molar-refractivity contribution in [2.75, 3.05) is 0 Å². The Bertz CT molecular complexity index is 492. The first-order valence-electron chi connectivity index (χ1n) is 6.83. The minimum atomic E-state index is 1.16. The Morgan fingerprint density at radius 3 is 1.95 bits per heavy atom. The van der Waals surface area contributed by atoms with E-state index < -0.39 is 0 Å². The molecule has 0 saturated carbocycles. The summed E-state index contributed by atoms with van der Waals surface area (Å²) in [6, 6.07) is 10.3. The molecule has 0 aliphatic rings. The van der Waals surface area contributed by atoms with Gasteiger partial charge in [-0.3, -0.25) is 0 Å². The third-order valence-electron chi connectivity index (χ3n) is 2.45. The quantitative estimate of drug-likeness (QED) is 0.439. The fourth-order valence-electron chi connectivity index (χ4n) is 1.50. The van der Waals surface area contributed by atoms with Gasteiger partial charge in [0.1, 0.15) is 0 Å². The molecule has 0 radical (unpaired) electrons. The largest absolute Gasteiger partial charge is 0.103 e. The molecule has 0 unspecified atom stereocenters. The van der Waals surface area contributed by atoms with Gasteiger partial charge >= 0.3 is 0 Å². The molecule has 0 bridgehead atoms. The van der Waals surface area contributed by atoms with Crippen molar-refractivity contribution in [2.24, 2.45) is 0 Å². The van der Waals surface area contributed by atoms with Gasteiger partial charge in [0.05, 0.1) is 0 Å². The first-order valence-corrected chi connectivity index (χ1v) is 6.83. The van der Waals surface area contributed by atoms with Crippen LogP contribution < -0.4 is 0 Å². The Labute approximate surface area is 124 Å². The molecule has 0 heteroatoms. The SMILES string of the molecule is C=CC.C=CC(=C\C=C(C)C)/C(C)=C/c1ccccc1. The fraction of sp³-hybridized carbons (Fsp3) is 0.200. The van der Waals surface area contributed by atoms with Gasteiger partial charge < -0.3 is 0 Å². The van der Waals surface area contributed by atoms with Gasteiger partial charge in [-0.2, -0.15) is 0 Å². The van der Waals surface area contributed by atoms with E-state index in [1.165, 1.54) is 16.7 Å². The zero-order chi connectivity index (χ0) is 15.4. The summed E-state index contributed by atoms with van der Waals surface area (Å²) in [4.78, 5) is 0. The van der Waals surface area contributed by atoms with Gasteiger partial charge in [0, 0.05) is 0 Å². The van der Waals surface area contributed by atoms with Crippen LogP contribution in [0.2, 0.25) is 0 Å². The Balaban J connectivity index is 0.00000110. The highest BCUT2D eigenvalue weighted by atomic mass is 14.0. The van der Waals surface area contributed by atoms with E-state index >= 15 is 0 Å². The van der Waals surface area contributed by atoms with E-state index in [2.05, 4.69) is 64.3 Å². The Morgan fingerprint density at radius 1 is 0.950 bits per heavy atom. The molecule has 0 aliphatic carbocycles. The second-order valence-electron chi connectivity index (χ2n) is 4.72. The van der Waals surface area contributed by atoms with E-state index in [1.54, 1.807) is 6.08 Å². The summed E-state index contributed by atoms with van der Waals surface area (Å²) in [6.07, 6.45) is 10.0. The first-order chi connectivity index (χ1) is 9.54. The van der Waals surface area contributed by atoms with Crippen LogP contribution in [0.5, 0.6) is 0 Å². The van der Waals surface area contributed by atoms with Gasteiger partial charge in [-0.05, 0) is 44.4 Å². The van der Waals surface area contributed by atoms with Gasteiger partial charge in [0.2, 0.25) is 0 Å². The monoisotopic (exact) mass is 266 g/mol. The molecule has 1 aromatic rings. The van der Waals surface area contributed by atoms with E-state index in [0.29, 0.717) is 0 Å². The van der Waals surface area contributed by atoms with Crippen LogP contribution in [-0.4, -0.2) is 0 Å². The molecule has 0 heterocycles. The number of hydrogen-bond acceptors (Lipinski definition) is 0. The fourth-order valence-corrected chi connectivity index (χ4v) is 1.50. The van der Waals surface area contributed by atoms with Crippen LogP contribution in [0.15, 0.2) is 84.5 Å². The summed E-state index contributed by atoms with van der Waals surface area (Å²) in [7, 11) is 0. The molecule has 0 fully saturated rings. The molecule has 1 aromatic carbocycles. The minimum absolute atomic E-state index is 1.16. The van der Waals surface area contributed by atoms with E-state index in [9.17, 15) is 0 Å². The average Bonchev–Trinajstić information content (AvgIpc) is 2.41. The topological polar surface area (TPSA) is 0 Å². The number of benzene rings is 1. The molecule has 0 atom stereocenters. The highest BCUT2D eigenvalue weighted by molar-refractivity contribution is 5.60. The van der Waals surface area contributed by atoms with Crippen LogP contribution in [0.3, 0.4) is 0 Å². The summed E-state index contributed by atoms with van der Waals surface area (Å²) in [5, 5.41) is 0. The lowest BCUT2D eigenvalue weighted by molar-refractivity contribution is 1.38. The summed E-state index contributed by atoms with van der Waals surface area (Å²) in [5.74, 6) is 0. The second-order valence-corrected chi connectivity index (χ2v) is 4.72. The average molecular weight is 266 g/mol. The lowest BCUT2D eigenvalue weighted by atomic mass is 10.0. The molecule has 0 saturated heterocycles. The van der Waals surface area contributed by atoms with Gasteiger partial charge in [-0.25, -0.2) is 0 Å². The molecular weight excluding hydrogens is 240 g/mol. The molecule has 0 aliphatic heterocycles. The van der Waals surface area contributed by atoms with Gasteiger partial charge in [-0.15, -0.1) is 6.58 Å². The van der Waals surface area contributed by atoms with Crippen LogP contribution in [-0.2, 0) is 0 Å². The van der Waals surface area contributed by atoms with Crippen molar-refractivity contribution in [1.29, 1.82) is 0 Å². The lowest BCUT2D eigenvalue weighted by Crippen LogP contribution is -1.81. The summed E-state index contributed by atoms with van der Waals surface area (Å²) in [5.41, 5.74) is 4.89. The molecule has 1 rings (SSSR count). The highest BCUT2D eigenvalue weighted by Gasteiger charge is 1.94. The summed E-state index contributed by atoms with van der Waals surface area (Å²) >= 11 is 0. The normalized spacial score (nSPS) is 11.0. The molecule has 0 nitrogen and oxygen atoms in total. The minimum Gasteiger partial charge on any atom is -0.103 e. The van der Waals surface area contributed by atoms with Crippen LogP contribution in [0.4, 0.5) is 0 Å². The van der Waals surface area contributed by atoms with Crippen LogP contribution in [0, 0.1) is 0 Å². The maximum atomic E-state index is 3.86. The predicted octanol–water partition coefficient (Wildman–Crippen LogP) is 6.36. The van der Waals surface area contributed by atoms with Crippen LogP contribution in [0.1, 0.15) is 33.3 Å². The molecule has 0 spiro atoms. The third kappa shape index (κ3) is 8.10. The summed E-state index contributed by atoms with van der Waals surface area (Å²) in [6.45, 7) is 15.4. The molecule has 20 heavy (non-hydrogen) atoms. The maximum absolute atomic E-state index is 3.86. The second kappa shape index (κ2) is 10.8. The zero-order valence-electron chi connectivity index (χ0n) is 13.2. The number of allylic oxidation sites excluding steroid dienone is 7. The maximum Gasteiger partial charge on any atom is -0.0233 e. The Kier molecular flexibility index (Phi) is 9.68. The molecule has 0 amide bonds. The van der Waals surface area contributed by atoms with E-state index in [-0.39, 0.29) is 0 Å². The molecule has 106 valence electrons. The van der Waals surface area contributed by atoms with E-state index in [1.807, 2.05) is 31.2 Å². The standard InChI is InChI=1S/C17H20.C3H6/c1-5-17(12-11-14(2)3)15(4)13-16-9-7-6-8-10-16;1-3-2/h5-13H,1H2,2-4H3;3H,1H2,2H3/b15-13+,17-12+;. The van der Waals surface area contributed by atoms with Gasteiger partial charge in [-0.1, -0.05) is 72.9 Å². The number of rotatable bonds is 4. The van der Waals surface area contributed by atoms with Gasteiger partial charge in [0.25, 0.3) is 0 Å². The Hall–Kier alpha value is -2.08. The highest BCUT2D eigenvalue weighted by Crippen LogP contribution is 2.15. The van der Waals surface area contributed by atoms with E-state index in [4.69, 9.17) is 0 Å². The van der Waals surface area contributed by atoms with Crippen molar-refractivity contribution in [1.82, 2.24) is 0 Å². The summed E-state index contributed by atoms with van der Waals surface area (Å²) < 4.78 is 0. The van der Waals surface area contributed by atoms with E-state index in [0.717, 1.165) is 5.57 Å². The van der Waals surface area contributed by atoms with Crippen molar-refractivity contribution in [2.45, 2.75) is 27.7 Å². The third-order valence-corrected chi connectivity index (χ3v) is 2.45. The first kappa shape index (κ1) is 17.9. The smallest absolute Gasteiger partial charge is 0.0233 e. The predicted molar refractivity (Wildman–Crippen MR) is 93.7 cm³/mol. The molecule has 0 aromatic heterocycles. The Morgan fingerprint density at radius 2 is 1.50 bits per heavy atom. The van der Waals surface area contributed by atoms with Crippen molar-refractivity contribution in [3.63, 3.8) is 0 Å². The molecular formula is C20H26. The van der Waals surface area contributed by atoms with Crippen molar-refractivity contribution in [3.05, 3.63) is 90.1 Å². The van der Waals surface area contributed by atoms with Crippen molar-refractivity contribution in [3.8, 4) is 0 Å². The van der Waals surface area contributed by atoms with Crippen LogP contribution >= 0.6 is 0 Å². The van der Waals surface area contributed by atoms with Crippen molar-refractivity contribution < 1.29 is 0 Å². The van der Waals surface area contributed by atoms with Crippen molar-refractivity contribution >= 4 is 6.08 Å². The molecule has 0 N–H and O–H groups in total. The zero-order valence-corrected chi connectivity index (χ0v) is 13.2.